The van der Waals surface area contributed by atoms with Crippen molar-refractivity contribution in [1.29, 1.82) is 0 Å². The van der Waals surface area contributed by atoms with Crippen molar-refractivity contribution in [2.75, 3.05) is 0 Å². The Balaban J connectivity index is 1.98. The lowest BCUT2D eigenvalue weighted by atomic mass is 10.2. The van der Waals surface area contributed by atoms with Crippen LogP contribution in [0.2, 0.25) is 0 Å². The fraction of sp³-hybridized carbons (Fsp3) is 0. The molecular formula is C15H10N2O4. The molecule has 1 heterocycles. The van der Waals surface area contributed by atoms with Crippen LogP contribution >= 0.6 is 0 Å². The summed E-state index contributed by atoms with van der Waals surface area (Å²) in [6.07, 6.45) is 1.36. The monoisotopic (exact) mass is 282 g/mol. The highest BCUT2D eigenvalue weighted by atomic mass is 16.6. The molecule has 104 valence electrons. The van der Waals surface area contributed by atoms with E-state index in [0.29, 0.717) is 22.4 Å². The van der Waals surface area contributed by atoms with Crippen LogP contribution in [-0.2, 0) is 0 Å². The number of para-hydroxylation sites is 1. The fourth-order valence-corrected chi connectivity index (χ4v) is 2.03. The number of rotatable bonds is 3. The minimum Gasteiger partial charge on any atom is -0.618 e. The molecule has 3 aromatic rings. The number of nitrogens with zero attached hydrogens (tertiary/aromatic N) is 2. The van der Waals surface area contributed by atoms with Gasteiger partial charge in [-0.25, -0.2) is 0 Å². The summed E-state index contributed by atoms with van der Waals surface area (Å²) in [5.41, 5.74) is 0.495. The van der Waals surface area contributed by atoms with E-state index in [4.69, 9.17) is 4.74 Å². The van der Waals surface area contributed by atoms with Crippen LogP contribution in [0, 0.1) is 15.3 Å². The zero-order valence-electron chi connectivity index (χ0n) is 10.8. The Kier molecular flexibility index (Phi) is 3.12. The molecule has 6 heteroatoms. The second-order valence-corrected chi connectivity index (χ2v) is 4.38. The van der Waals surface area contributed by atoms with E-state index in [2.05, 4.69) is 0 Å². The molecule has 0 saturated carbocycles. The normalized spacial score (nSPS) is 10.5. The lowest BCUT2D eigenvalue weighted by molar-refractivity contribution is -0.577. The number of nitro benzene ring substituents is 1. The minimum absolute atomic E-state index is 0.00216. The zero-order chi connectivity index (χ0) is 14.8. The van der Waals surface area contributed by atoms with Crippen molar-refractivity contribution in [3.05, 3.63) is 76.1 Å². The predicted octanol–water partition coefficient (Wildman–Crippen LogP) is 3.17. The predicted molar refractivity (Wildman–Crippen MR) is 76.1 cm³/mol. The van der Waals surface area contributed by atoms with Gasteiger partial charge in [-0.1, -0.05) is 12.1 Å². The third-order valence-corrected chi connectivity index (χ3v) is 3.04. The van der Waals surface area contributed by atoms with Gasteiger partial charge < -0.3 is 9.94 Å². The molecule has 0 unspecified atom stereocenters. The maximum Gasteiger partial charge on any atom is 0.269 e. The number of non-ortho nitro benzene ring substituents is 1. The summed E-state index contributed by atoms with van der Waals surface area (Å²) in [5, 5.41) is 23.0. The van der Waals surface area contributed by atoms with Gasteiger partial charge in [0.15, 0.2) is 6.20 Å². The van der Waals surface area contributed by atoms with Gasteiger partial charge in [0.05, 0.1) is 10.3 Å². The van der Waals surface area contributed by atoms with E-state index in [9.17, 15) is 15.3 Å². The number of hydrogen-bond donors (Lipinski definition) is 0. The van der Waals surface area contributed by atoms with Crippen molar-refractivity contribution < 1.29 is 14.4 Å². The van der Waals surface area contributed by atoms with Crippen LogP contribution < -0.4 is 9.47 Å². The van der Waals surface area contributed by atoms with E-state index in [1.54, 1.807) is 24.3 Å². The van der Waals surface area contributed by atoms with Gasteiger partial charge in [0, 0.05) is 24.3 Å². The van der Waals surface area contributed by atoms with Crippen LogP contribution in [0.25, 0.3) is 10.9 Å². The molecular weight excluding hydrogens is 272 g/mol. The third kappa shape index (κ3) is 2.46. The molecule has 0 amide bonds. The molecule has 0 N–H and O–H groups in total. The molecule has 0 spiro atoms. The van der Waals surface area contributed by atoms with Gasteiger partial charge in [0.25, 0.3) is 5.69 Å². The maximum absolute atomic E-state index is 11.7. The fourth-order valence-electron chi connectivity index (χ4n) is 2.03. The average Bonchev–Trinajstić information content (AvgIpc) is 2.51. The smallest absolute Gasteiger partial charge is 0.269 e. The van der Waals surface area contributed by atoms with Crippen LogP contribution in [0.5, 0.6) is 11.5 Å². The van der Waals surface area contributed by atoms with E-state index in [-0.39, 0.29) is 5.69 Å². The zero-order valence-corrected chi connectivity index (χ0v) is 10.8. The van der Waals surface area contributed by atoms with Gasteiger partial charge in [0.2, 0.25) is 5.52 Å². The van der Waals surface area contributed by atoms with Gasteiger partial charge in [-0.2, -0.15) is 4.73 Å². The largest absolute Gasteiger partial charge is 0.618 e. The first-order valence-electron chi connectivity index (χ1n) is 6.18. The van der Waals surface area contributed by atoms with Crippen LogP contribution in [0.3, 0.4) is 0 Å². The number of nitro groups is 1. The highest BCUT2D eigenvalue weighted by molar-refractivity contribution is 5.82. The van der Waals surface area contributed by atoms with Crippen molar-refractivity contribution in [1.82, 2.24) is 0 Å². The molecule has 0 fully saturated rings. The summed E-state index contributed by atoms with van der Waals surface area (Å²) in [5.74, 6) is 0.987. The molecule has 0 aliphatic rings. The Morgan fingerprint density at radius 2 is 1.71 bits per heavy atom. The molecule has 21 heavy (non-hydrogen) atoms. The molecule has 6 nitrogen and oxygen atoms in total. The SMILES string of the molecule is O=[N+]([O-])c1ccc(Oc2cc[n+]([O-])c3ccccc23)cc1. The Morgan fingerprint density at radius 1 is 1.00 bits per heavy atom. The van der Waals surface area contributed by atoms with Gasteiger partial charge in [-0.15, -0.1) is 0 Å². The summed E-state index contributed by atoms with van der Waals surface area (Å²) in [6, 6.07) is 14.4. The van der Waals surface area contributed by atoms with Crippen molar-refractivity contribution in [3.63, 3.8) is 0 Å². The number of benzene rings is 2. The molecule has 3 rings (SSSR count). The van der Waals surface area contributed by atoms with Crippen molar-refractivity contribution >= 4 is 16.6 Å². The number of hydrogen-bond acceptors (Lipinski definition) is 4. The molecule has 0 aliphatic carbocycles. The van der Waals surface area contributed by atoms with E-state index in [1.807, 2.05) is 6.07 Å². The highest BCUT2D eigenvalue weighted by Gasteiger charge is 2.11. The second kappa shape index (κ2) is 5.09. The Hall–Kier alpha value is -3.15. The first kappa shape index (κ1) is 12.9. The molecule has 0 bridgehead atoms. The van der Waals surface area contributed by atoms with Crippen LogP contribution in [0.15, 0.2) is 60.8 Å². The van der Waals surface area contributed by atoms with Crippen molar-refractivity contribution in [2.24, 2.45) is 0 Å². The molecule has 0 radical (unpaired) electrons. The Morgan fingerprint density at radius 3 is 2.43 bits per heavy atom. The van der Waals surface area contributed by atoms with Gasteiger partial charge in [-0.3, -0.25) is 10.1 Å². The second-order valence-electron chi connectivity index (χ2n) is 4.38. The Bertz CT molecular complexity index is 816. The number of aromatic nitrogens is 1. The topological polar surface area (TPSA) is 79.3 Å². The summed E-state index contributed by atoms with van der Waals surface area (Å²) in [7, 11) is 0. The maximum atomic E-state index is 11.7. The van der Waals surface area contributed by atoms with E-state index >= 15 is 0 Å². The van der Waals surface area contributed by atoms with E-state index in [1.165, 1.54) is 30.5 Å². The summed E-state index contributed by atoms with van der Waals surface area (Å²) in [4.78, 5) is 10.1. The van der Waals surface area contributed by atoms with Crippen LogP contribution in [-0.4, -0.2) is 4.92 Å². The van der Waals surface area contributed by atoms with Crippen LogP contribution in [0.1, 0.15) is 0 Å². The first-order chi connectivity index (χ1) is 10.1. The molecule has 0 saturated heterocycles. The summed E-state index contributed by atoms with van der Waals surface area (Å²) < 4.78 is 6.47. The lowest BCUT2D eigenvalue weighted by Gasteiger charge is -2.08. The molecule has 0 atom stereocenters. The summed E-state index contributed by atoms with van der Waals surface area (Å²) in [6.45, 7) is 0. The third-order valence-electron chi connectivity index (χ3n) is 3.04. The molecule has 1 aromatic heterocycles. The van der Waals surface area contributed by atoms with Gasteiger partial charge >= 0.3 is 0 Å². The average molecular weight is 282 g/mol. The molecule has 0 aliphatic heterocycles. The van der Waals surface area contributed by atoms with E-state index < -0.39 is 4.92 Å². The lowest BCUT2D eigenvalue weighted by Crippen LogP contribution is -2.25. The first-order valence-corrected chi connectivity index (χ1v) is 6.18. The molecule has 2 aromatic carbocycles. The number of pyridine rings is 1. The summed E-state index contributed by atoms with van der Waals surface area (Å²) >= 11 is 0. The van der Waals surface area contributed by atoms with Crippen LogP contribution in [0.4, 0.5) is 5.69 Å². The number of ether oxygens (including phenoxy) is 1. The minimum atomic E-state index is -0.470. The van der Waals surface area contributed by atoms with Gasteiger partial charge in [-0.05, 0) is 18.2 Å². The van der Waals surface area contributed by atoms with Crippen molar-refractivity contribution in [2.45, 2.75) is 0 Å². The highest BCUT2D eigenvalue weighted by Crippen LogP contribution is 2.28. The van der Waals surface area contributed by atoms with Crippen molar-refractivity contribution in [3.8, 4) is 11.5 Å². The standard InChI is InChI=1S/C15H10N2O4/c18-16-10-9-15(13-3-1-2-4-14(13)16)21-12-7-5-11(6-8-12)17(19)20/h1-10H. The Labute approximate surface area is 119 Å². The van der Waals surface area contributed by atoms with Gasteiger partial charge in [0.1, 0.15) is 11.5 Å². The van der Waals surface area contributed by atoms with E-state index in [0.717, 1.165) is 4.73 Å². The number of fused-ring (bicyclic) bond motifs is 1. The quantitative estimate of drug-likeness (QED) is 0.320.